The lowest BCUT2D eigenvalue weighted by atomic mass is 9.54. The molecule has 0 radical (unpaired) electrons. The molecule has 0 amide bonds. The molecule has 0 spiro atoms. The van der Waals surface area contributed by atoms with Gasteiger partial charge in [0.1, 0.15) is 0 Å². The zero-order chi connectivity index (χ0) is 37.0. The summed E-state index contributed by atoms with van der Waals surface area (Å²) < 4.78 is 0. The van der Waals surface area contributed by atoms with Crippen LogP contribution in [-0.2, 0) is 0 Å². The van der Waals surface area contributed by atoms with E-state index < -0.39 is 0 Å². The fourth-order valence-corrected chi connectivity index (χ4v) is 14.1. The van der Waals surface area contributed by atoms with E-state index in [1.54, 1.807) is 69.8 Å². The van der Waals surface area contributed by atoms with Crippen molar-refractivity contribution in [3.63, 3.8) is 0 Å². The number of hydrogen-bond donors (Lipinski definition) is 0. The van der Waals surface area contributed by atoms with Gasteiger partial charge in [-0.25, -0.2) is 0 Å². The molecule has 4 saturated carbocycles. The van der Waals surface area contributed by atoms with Crippen LogP contribution in [0.4, 0.5) is 0 Å². The number of rotatable bonds is 15. The first kappa shape index (κ1) is 48.0. The van der Waals surface area contributed by atoms with Crippen LogP contribution in [0.5, 0.6) is 0 Å². The smallest absolute Gasteiger partial charge is 0.0160 e. The van der Waals surface area contributed by atoms with Gasteiger partial charge in [0.15, 0.2) is 0 Å². The molecule has 1 heterocycles. The zero-order valence-electron chi connectivity index (χ0n) is 36.1. The average molecular weight is 741 g/mol. The molecule has 0 aromatic rings. The summed E-state index contributed by atoms with van der Waals surface area (Å²) >= 11 is 2.42. The molecule has 52 heavy (non-hydrogen) atoms. The number of allylic oxidation sites excluding steroid dienone is 3. The van der Waals surface area contributed by atoms with Gasteiger partial charge in [0.2, 0.25) is 0 Å². The van der Waals surface area contributed by atoms with E-state index in [0.717, 1.165) is 70.8 Å². The van der Waals surface area contributed by atoms with Gasteiger partial charge < -0.3 is 0 Å². The van der Waals surface area contributed by atoms with Crippen molar-refractivity contribution in [2.45, 2.75) is 241 Å². The minimum absolute atomic E-state index is 0. The summed E-state index contributed by atoms with van der Waals surface area (Å²) in [4.78, 5) is 1.81. The molecule has 4 fully saturated rings. The fourth-order valence-electron chi connectivity index (χ4n) is 12.3. The Morgan fingerprint density at radius 3 is 1.88 bits per heavy atom. The van der Waals surface area contributed by atoms with E-state index in [4.69, 9.17) is 0 Å². The molecule has 0 nitrogen and oxygen atoms in total. The van der Waals surface area contributed by atoms with E-state index in [9.17, 15) is 0 Å². The Hall–Kier alpha value is -0.170. The molecule has 1 heteroatoms. The van der Waals surface area contributed by atoms with Gasteiger partial charge in [0.25, 0.3) is 0 Å². The zero-order valence-corrected chi connectivity index (χ0v) is 37.0. The molecule has 5 aliphatic rings. The van der Waals surface area contributed by atoms with Crippen LogP contribution in [0.3, 0.4) is 0 Å². The maximum absolute atomic E-state index is 3.55. The van der Waals surface area contributed by atoms with Gasteiger partial charge in [-0.1, -0.05) is 183 Å². The quantitative estimate of drug-likeness (QED) is 0.119. The monoisotopic (exact) mass is 741 g/mol. The van der Waals surface area contributed by atoms with Crippen molar-refractivity contribution in [1.29, 1.82) is 0 Å². The van der Waals surface area contributed by atoms with E-state index in [1.165, 1.54) is 103 Å². The maximum atomic E-state index is 3.55. The molecule has 0 N–H and O–H groups in total. The molecule has 0 bridgehead atoms. The number of fused-ring (bicyclic) bond motifs is 1. The maximum Gasteiger partial charge on any atom is 0.0160 e. The van der Waals surface area contributed by atoms with E-state index >= 15 is 0 Å². The van der Waals surface area contributed by atoms with Crippen molar-refractivity contribution >= 4 is 11.8 Å². The number of hydrogen-bond acceptors (Lipinski definition) is 1. The van der Waals surface area contributed by atoms with Crippen molar-refractivity contribution in [3.8, 4) is 0 Å². The SMILES string of the molecule is C.C=CCCC.CC.CCCCCC(CC)CCC1C(C)CC(C2CCCCC2)CC(C2CC(C)=C(CCC)S2)C2CC(C3CCCCC3)CCC12. The Kier molecular flexibility index (Phi) is 25.3. The number of thioether (sulfide) groups is 1. The third-order valence-corrected chi connectivity index (χ3v) is 16.8. The second kappa shape index (κ2) is 27.4. The highest BCUT2D eigenvalue weighted by Gasteiger charge is 2.48. The molecule has 0 aromatic heterocycles. The van der Waals surface area contributed by atoms with Crippen molar-refractivity contribution in [2.24, 2.45) is 59.2 Å². The Morgan fingerprint density at radius 2 is 1.33 bits per heavy atom. The third kappa shape index (κ3) is 14.7. The van der Waals surface area contributed by atoms with E-state index in [1.807, 2.05) is 24.8 Å². The summed E-state index contributed by atoms with van der Waals surface area (Å²) in [6, 6.07) is 0. The van der Waals surface area contributed by atoms with Crippen molar-refractivity contribution in [2.75, 3.05) is 0 Å². The molecule has 1 aliphatic heterocycles. The molecule has 4 aliphatic carbocycles. The fraction of sp³-hybridized carbons (Fsp3) is 0.922. The van der Waals surface area contributed by atoms with Crippen LogP contribution in [0.1, 0.15) is 236 Å². The summed E-state index contributed by atoms with van der Waals surface area (Å²) in [5.74, 6) is 10.1. The molecule has 0 saturated heterocycles. The Balaban J connectivity index is 0.00000108. The van der Waals surface area contributed by atoms with Gasteiger partial charge in [0, 0.05) is 5.25 Å². The van der Waals surface area contributed by atoms with Crippen LogP contribution >= 0.6 is 11.8 Å². The molecule has 306 valence electrons. The van der Waals surface area contributed by atoms with Crippen LogP contribution in [-0.4, -0.2) is 5.25 Å². The largest absolute Gasteiger partial charge is 0.127 e. The normalized spacial score (nSPS) is 32.2. The molecular weight excluding hydrogens is 645 g/mol. The Labute approximate surface area is 334 Å². The van der Waals surface area contributed by atoms with Gasteiger partial charge in [-0.05, 0) is 129 Å². The van der Waals surface area contributed by atoms with Crippen LogP contribution in [0.2, 0.25) is 0 Å². The minimum Gasteiger partial charge on any atom is -0.127 e. The van der Waals surface area contributed by atoms with Gasteiger partial charge in [-0.2, -0.15) is 0 Å². The first-order chi connectivity index (χ1) is 24.9. The standard InChI is InChI=1S/C43H76S.C5H10.C2H6.CH4/c1-6-9-12-18-33(8-3)23-25-38-31(4)27-37(35-21-15-11-16-22-35)30-41(43-28-32(5)42(44-43)17-7-2)40-29-36(24-26-39(38)40)34-19-13-10-14-20-34;1-3-5-4-2;1-2;/h31,33-41,43H,6-30H2,1-5H3;3H,1,4-5H2,2H3;1-2H3;1H4. The average Bonchev–Trinajstić information content (AvgIpc) is 3.53. The second-order valence-electron chi connectivity index (χ2n) is 18.5. The predicted octanol–water partition coefficient (Wildman–Crippen LogP) is 18.1. The Morgan fingerprint density at radius 1 is 0.692 bits per heavy atom. The van der Waals surface area contributed by atoms with Gasteiger partial charge >= 0.3 is 0 Å². The summed E-state index contributed by atoms with van der Waals surface area (Å²) in [6.07, 6.45) is 42.0. The van der Waals surface area contributed by atoms with Crippen LogP contribution in [0.25, 0.3) is 0 Å². The van der Waals surface area contributed by atoms with Crippen molar-refractivity contribution in [3.05, 3.63) is 23.1 Å². The summed E-state index contributed by atoms with van der Waals surface area (Å²) in [6.45, 7) is 22.3. The Bertz CT molecular complexity index is 919. The topological polar surface area (TPSA) is 0 Å². The molecule has 9 atom stereocenters. The molecular formula is C51H96S. The first-order valence-corrected chi connectivity index (χ1v) is 24.8. The van der Waals surface area contributed by atoms with Crippen LogP contribution in [0, 0.1) is 59.2 Å². The highest BCUT2D eigenvalue weighted by molar-refractivity contribution is 8.04. The van der Waals surface area contributed by atoms with E-state index in [-0.39, 0.29) is 7.43 Å². The molecule has 5 rings (SSSR count). The summed E-state index contributed by atoms with van der Waals surface area (Å²) in [5, 5.41) is 0.895. The summed E-state index contributed by atoms with van der Waals surface area (Å²) in [5.41, 5.74) is 1.79. The second-order valence-corrected chi connectivity index (χ2v) is 19.8. The lowest BCUT2D eigenvalue weighted by Crippen LogP contribution is -2.45. The molecule has 9 unspecified atom stereocenters. The summed E-state index contributed by atoms with van der Waals surface area (Å²) in [7, 11) is 0. The van der Waals surface area contributed by atoms with Gasteiger partial charge in [-0.15, -0.1) is 18.3 Å². The van der Waals surface area contributed by atoms with Gasteiger partial charge in [-0.3, -0.25) is 0 Å². The lowest BCUT2D eigenvalue weighted by Gasteiger charge is -2.52. The van der Waals surface area contributed by atoms with E-state index in [2.05, 4.69) is 59.9 Å². The predicted molar refractivity (Wildman–Crippen MR) is 240 cm³/mol. The van der Waals surface area contributed by atoms with Crippen LogP contribution < -0.4 is 0 Å². The van der Waals surface area contributed by atoms with Crippen molar-refractivity contribution in [1.82, 2.24) is 0 Å². The van der Waals surface area contributed by atoms with Gasteiger partial charge in [0.05, 0.1) is 0 Å². The minimum atomic E-state index is 0. The molecule has 0 aromatic carbocycles. The lowest BCUT2D eigenvalue weighted by molar-refractivity contribution is -0.0138. The van der Waals surface area contributed by atoms with Crippen molar-refractivity contribution < 1.29 is 0 Å². The highest BCUT2D eigenvalue weighted by atomic mass is 32.2. The van der Waals surface area contributed by atoms with Crippen LogP contribution in [0.15, 0.2) is 23.1 Å². The number of unbranched alkanes of at least 4 members (excludes halogenated alkanes) is 3. The first-order valence-electron chi connectivity index (χ1n) is 23.9. The highest BCUT2D eigenvalue weighted by Crippen LogP contribution is 2.58. The van der Waals surface area contributed by atoms with E-state index in [0.29, 0.717) is 0 Å². The third-order valence-electron chi connectivity index (χ3n) is 15.1.